The van der Waals surface area contributed by atoms with Crippen molar-refractivity contribution < 1.29 is 0 Å². The molecule has 0 fully saturated rings. The van der Waals surface area contributed by atoms with E-state index in [0.29, 0.717) is 0 Å². The van der Waals surface area contributed by atoms with Crippen molar-refractivity contribution in [2.24, 2.45) is 0 Å². The molecule has 0 N–H and O–H groups in total. The van der Waals surface area contributed by atoms with Crippen LogP contribution in [0.4, 0.5) is 11.9 Å². The van der Waals surface area contributed by atoms with Crippen LogP contribution in [-0.2, 0) is 13.1 Å². The first-order valence-corrected chi connectivity index (χ1v) is 8.66. The Morgan fingerprint density at radius 2 is 1.30 bits per heavy atom. The zero-order valence-electron chi connectivity index (χ0n) is 10.1. The second-order valence-corrected chi connectivity index (χ2v) is 7.55. The van der Waals surface area contributed by atoms with Gasteiger partial charge in [0.25, 0.3) is 0 Å². The van der Waals surface area contributed by atoms with E-state index < -0.39 is 0 Å². The molecule has 0 aliphatic carbocycles. The number of thiocarbonyl (C=S) groups is 1. The maximum atomic E-state index is 5.63. The number of fused-ring (bicyclic) bond motifs is 2. The summed E-state index contributed by atoms with van der Waals surface area (Å²) >= 11 is 18.8. The third-order valence-corrected chi connectivity index (χ3v) is 5.96. The fourth-order valence-electron chi connectivity index (χ4n) is 2.40. The molecule has 0 spiro atoms. The Kier molecular flexibility index (Phi) is 3.00. The summed E-state index contributed by atoms with van der Waals surface area (Å²) in [5.74, 6) is 1.69. The summed E-state index contributed by atoms with van der Waals surface area (Å²) in [6.45, 7) is 3.28. The van der Waals surface area contributed by atoms with Gasteiger partial charge in [0.15, 0.2) is 13.0 Å². The van der Waals surface area contributed by atoms with Gasteiger partial charge in [0, 0.05) is 26.2 Å². The molecule has 0 saturated heterocycles. The van der Waals surface area contributed by atoms with Gasteiger partial charge in [-0.1, -0.05) is 0 Å². The molecule has 6 nitrogen and oxygen atoms in total. The molecule has 2 aliphatic heterocycles. The van der Waals surface area contributed by atoms with Gasteiger partial charge in [0.05, 0.1) is 0 Å². The Bertz CT molecular complexity index is 745. The fraction of sp³-hybridized carbons (Fsp3) is 0.444. The average molecular weight is 361 g/mol. The second kappa shape index (κ2) is 4.63. The van der Waals surface area contributed by atoms with Gasteiger partial charge in [-0.05, 0) is 59.7 Å². The maximum Gasteiger partial charge on any atom is 0.224 e. The van der Waals surface area contributed by atoms with Crippen molar-refractivity contribution in [1.29, 1.82) is 0 Å². The minimum atomic E-state index is 0.725. The smallest absolute Gasteiger partial charge is 0.224 e. The molecule has 2 aromatic heterocycles. The summed E-state index contributed by atoms with van der Waals surface area (Å²) in [6.07, 6.45) is 0. The number of anilines is 2. The summed E-state index contributed by atoms with van der Waals surface area (Å²) < 4.78 is 14.4. The van der Waals surface area contributed by atoms with Crippen LogP contribution in [0.1, 0.15) is 0 Å². The lowest BCUT2D eigenvalue weighted by Gasteiger charge is -2.24. The van der Waals surface area contributed by atoms with Crippen LogP contribution < -0.4 is 9.80 Å². The highest BCUT2D eigenvalue weighted by atomic mass is 32.2. The molecule has 11 heteroatoms. The highest BCUT2D eigenvalue weighted by Gasteiger charge is 2.33. The Hall–Kier alpha value is -0.750. The molecule has 20 heavy (non-hydrogen) atoms. The Labute approximate surface area is 138 Å². The summed E-state index contributed by atoms with van der Waals surface area (Å²) in [7, 11) is 0. The number of rotatable bonds is 0. The molecular formula is C9H8N6S5. The number of aromatic nitrogens is 4. The van der Waals surface area contributed by atoms with E-state index in [0.717, 1.165) is 51.1 Å². The van der Waals surface area contributed by atoms with Crippen LogP contribution in [0.15, 0.2) is 0 Å². The highest BCUT2D eigenvalue weighted by Crippen LogP contribution is 2.28. The van der Waals surface area contributed by atoms with Crippen molar-refractivity contribution in [1.82, 2.24) is 17.9 Å². The number of hydrogen-bond acceptors (Lipinski definition) is 7. The summed E-state index contributed by atoms with van der Waals surface area (Å²) in [6, 6.07) is 0. The van der Waals surface area contributed by atoms with Gasteiger partial charge < -0.3 is 0 Å². The molecule has 0 radical (unpaired) electrons. The van der Waals surface area contributed by atoms with Gasteiger partial charge in [-0.15, -0.1) is 0 Å². The van der Waals surface area contributed by atoms with E-state index in [-0.39, 0.29) is 0 Å². The van der Waals surface area contributed by atoms with Crippen LogP contribution in [0.25, 0.3) is 0 Å². The molecule has 4 heterocycles. The molecule has 0 atom stereocenters. The van der Waals surface area contributed by atoms with Crippen LogP contribution in [-0.4, -0.2) is 36.1 Å². The topological polar surface area (TPSA) is 42.1 Å². The first kappa shape index (κ1) is 13.0. The normalized spacial score (nSPS) is 16.6. The molecule has 0 aromatic carbocycles. The van der Waals surface area contributed by atoms with Crippen molar-refractivity contribution in [3.8, 4) is 0 Å². The molecular weight excluding hydrogens is 352 g/mol. The zero-order chi connectivity index (χ0) is 13.9. The molecule has 0 unspecified atom stereocenters. The molecule has 104 valence electrons. The minimum Gasteiger partial charge on any atom is -0.290 e. The van der Waals surface area contributed by atoms with Crippen molar-refractivity contribution in [3.05, 3.63) is 7.91 Å². The van der Waals surface area contributed by atoms with E-state index in [1.54, 1.807) is 0 Å². The van der Waals surface area contributed by atoms with Gasteiger partial charge in [-0.2, -0.15) is 8.75 Å². The molecule has 0 bridgehead atoms. The molecule has 4 rings (SSSR count). The SMILES string of the molecule is S=C(N1CCn2c1nsc2=S)N1CCn2c1nsc2=S. The average Bonchev–Trinajstić information content (AvgIpc) is 3.14. The van der Waals surface area contributed by atoms with E-state index in [2.05, 4.69) is 8.75 Å². The van der Waals surface area contributed by atoms with Gasteiger partial charge in [0.1, 0.15) is 0 Å². The molecule has 0 amide bonds. The van der Waals surface area contributed by atoms with Crippen molar-refractivity contribution in [2.45, 2.75) is 13.1 Å². The van der Waals surface area contributed by atoms with Crippen LogP contribution in [0, 0.1) is 7.91 Å². The predicted octanol–water partition coefficient (Wildman–Crippen LogP) is 2.29. The summed E-state index contributed by atoms with van der Waals surface area (Å²) in [4.78, 5) is 4.05. The monoisotopic (exact) mass is 360 g/mol. The van der Waals surface area contributed by atoms with E-state index in [9.17, 15) is 0 Å². The lowest BCUT2D eigenvalue weighted by molar-refractivity contribution is 0.792. The quantitative estimate of drug-likeness (QED) is 0.668. The summed E-state index contributed by atoms with van der Waals surface area (Å²) in [5, 5.41) is 0.725. The van der Waals surface area contributed by atoms with Gasteiger partial charge in [-0.25, -0.2) is 0 Å². The lowest BCUT2D eigenvalue weighted by Crippen LogP contribution is -2.42. The fourth-order valence-corrected chi connectivity index (χ4v) is 4.57. The van der Waals surface area contributed by atoms with Crippen LogP contribution in [0.5, 0.6) is 0 Å². The largest absolute Gasteiger partial charge is 0.290 e. The standard InChI is InChI=1S/C9H8N6S5/c16-7(12-1-3-14-5(12)10-19-8(14)17)13-2-4-15-6(13)11-20-9(15)18/h1-4H2. The van der Waals surface area contributed by atoms with Crippen LogP contribution in [0.2, 0.25) is 0 Å². The van der Waals surface area contributed by atoms with Crippen molar-refractivity contribution >= 4 is 76.7 Å². The zero-order valence-corrected chi connectivity index (χ0v) is 14.1. The summed E-state index contributed by atoms with van der Waals surface area (Å²) in [5.41, 5.74) is 0. The number of nitrogens with zero attached hydrogens (tertiary/aromatic N) is 6. The number of hydrogen-bond donors (Lipinski definition) is 0. The van der Waals surface area contributed by atoms with Gasteiger partial charge in [0.2, 0.25) is 11.9 Å². The Morgan fingerprint density at radius 3 is 1.75 bits per heavy atom. The van der Waals surface area contributed by atoms with E-state index in [1.807, 2.05) is 18.9 Å². The lowest BCUT2D eigenvalue weighted by atomic mass is 10.5. The van der Waals surface area contributed by atoms with Gasteiger partial charge in [-0.3, -0.25) is 18.9 Å². The molecule has 2 aliphatic rings. The molecule has 0 saturated carbocycles. The van der Waals surface area contributed by atoms with E-state index in [4.69, 9.17) is 36.7 Å². The highest BCUT2D eigenvalue weighted by molar-refractivity contribution is 7.80. The molecule has 2 aromatic rings. The van der Waals surface area contributed by atoms with Crippen molar-refractivity contribution in [2.75, 3.05) is 22.9 Å². The second-order valence-electron chi connectivity index (χ2n) is 4.39. The first-order valence-electron chi connectivity index (χ1n) is 5.89. The van der Waals surface area contributed by atoms with Gasteiger partial charge >= 0.3 is 0 Å². The van der Waals surface area contributed by atoms with Crippen molar-refractivity contribution in [3.63, 3.8) is 0 Å². The third kappa shape index (κ3) is 1.73. The maximum absolute atomic E-state index is 5.63. The van der Waals surface area contributed by atoms with Crippen LogP contribution >= 0.6 is 59.7 Å². The van der Waals surface area contributed by atoms with E-state index in [1.165, 1.54) is 23.1 Å². The van der Waals surface area contributed by atoms with Crippen LogP contribution in [0.3, 0.4) is 0 Å². The minimum absolute atomic E-state index is 0.725. The third-order valence-electron chi connectivity index (χ3n) is 3.37. The first-order chi connectivity index (χ1) is 9.66. The predicted molar refractivity (Wildman–Crippen MR) is 89.2 cm³/mol. The van der Waals surface area contributed by atoms with E-state index >= 15 is 0 Å². The Morgan fingerprint density at radius 1 is 0.850 bits per heavy atom. The Balaban J connectivity index is 1.70.